The standard InChI is InChI=1S/C20H17N3O3/c1-3-26-20(25)17-12(2)18-19(24)21-16(11-23(18)22-17)15-9-8-13-6-4-5-7-14(13)10-15/h4-11H,3H2,1-2H3,(H,21,24). The maximum Gasteiger partial charge on any atom is 0.359 e. The van der Waals surface area contributed by atoms with E-state index in [1.165, 1.54) is 4.52 Å². The molecule has 6 nitrogen and oxygen atoms in total. The third-order valence-electron chi connectivity index (χ3n) is 4.39. The topological polar surface area (TPSA) is 76.5 Å². The number of aromatic amines is 1. The van der Waals surface area contributed by atoms with E-state index < -0.39 is 5.97 Å². The molecule has 0 radical (unpaired) electrons. The van der Waals surface area contributed by atoms with Crippen molar-refractivity contribution in [3.8, 4) is 11.3 Å². The molecule has 0 saturated heterocycles. The minimum atomic E-state index is -0.527. The number of ether oxygens (including phenoxy) is 1. The Balaban J connectivity index is 1.88. The average Bonchev–Trinajstić information content (AvgIpc) is 2.98. The fourth-order valence-corrected chi connectivity index (χ4v) is 3.12. The number of benzene rings is 2. The Bertz CT molecular complexity index is 1200. The van der Waals surface area contributed by atoms with Gasteiger partial charge in [-0.25, -0.2) is 9.31 Å². The number of aromatic nitrogens is 3. The molecule has 0 unspecified atom stereocenters. The van der Waals surface area contributed by atoms with Gasteiger partial charge in [-0.1, -0.05) is 36.4 Å². The summed E-state index contributed by atoms with van der Waals surface area (Å²) < 4.78 is 6.46. The SMILES string of the molecule is CCOC(=O)c1nn2cc(-c3ccc4ccccc4c3)[nH]c(=O)c2c1C. The third kappa shape index (κ3) is 2.56. The predicted molar refractivity (Wildman–Crippen MR) is 99.4 cm³/mol. The van der Waals surface area contributed by atoms with Crippen molar-refractivity contribution in [3.63, 3.8) is 0 Å². The number of nitrogens with zero attached hydrogens (tertiary/aromatic N) is 2. The van der Waals surface area contributed by atoms with Gasteiger partial charge in [-0.05, 0) is 30.7 Å². The Morgan fingerprint density at radius 2 is 1.96 bits per heavy atom. The first-order chi connectivity index (χ1) is 12.6. The number of hydrogen-bond acceptors (Lipinski definition) is 4. The quantitative estimate of drug-likeness (QED) is 0.577. The highest BCUT2D eigenvalue weighted by molar-refractivity contribution is 5.91. The first kappa shape index (κ1) is 16.1. The highest BCUT2D eigenvalue weighted by atomic mass is 16.5. The first-order valence-corrected chi connectivity index (χ1v) is 8.37. The van der Waals surface area contributed by atoms with Gasteiger partial charge in [0.05, 0.1) is 18.5 Å². The van der Waals surface area contributed by atoms with E-state index in [1.54, 1.807) is 20.0 Å². The van der Waals surface area contributed by atoms with Gasteiger partial charge in [0, 0.05) is 11.1 Å². The van der Waals surface area contributed by atoms with E-state index in [-0.39, 0.29) is 17.9 Å². The summed E-state index contributed by atoms with van der Waals surface area (Å²) >= 11 is 0. The number of rotatable bonds is 3. The Hall–Kier alpha value is -3.41. The van der Waals surface area contributed by atoms with Crippen LogP contribution in [0.2, 0.25) is 0 Å². The second-order valence-electron chi connectivity index (χ2n) is 6.05. The highest BCUT2D eigenvalue weighted by Gasteiger charge is 2.20. The van der Waals surface area contributed by atoms with Gasteiger partial charge in [0.2, 0.25) is 0 Å². The van der Waals surface area contributed by atoms with Crippen molar-refractivity contribution in [2.45, 2.75) is 13.8 Å². The molecule has 0 aliphatic heterocycles. The van der Waals surface area contributed by atoms with Crippen molar-refractivity contribution >= 4 is 22.3 Å². The maximum atomic E-state index is 12.6. The number of aryl methyl sites for hydroxylation is 1. The minimum Gasteiger partial charge on any atom is -0.461 e. The number of esters is 1. The van der Waals surface area contributed by atoms with Gasteiger partial charge >= 0.3 is 5.97 Å². The van der Waals surface area contributed by atoms with E-state index in [4.69, 9.17) is 4.74 Å². The number of nitrogens with one attached hydrogen (secondary N) is 1. The number of hydrogen-bond donors (Lipinski definition) is 1. The van der Waals surface area contributed by atoms with Gasteiger partial charge in [-0.3, -0.25) is 4.79 Å². The lowest BCUT2D eigenvalue weighted by Gasteiger charge is -2.05. The molecule has 0 amide bonds. The number of H-pyrrole nitrogens is 1. The molecule has 1 N–H and O–H groups in total. The zero-order chi connectivity index (χ0) is 18.3. The first-order valence-electron chi connectivity index (χ1n) is 8.37. The Labute approximate surface area is 149 Å². The summed E-state index contributed by atoms with van der Waals surface area (Å²) in [5.41, 5.74) is 2.22. The summed E-state index contributed by atoms with van der Waals surface area (Å²) in [5, 5.41) is 6.47. The molecule has 0 bridgehead atoms. The molecule has 0 spiro atoms. The summed E-state index contributed by atoms with van der Waals surface area (Å²) in [6.07, 6.45) is 1.72. The Morgan fingerprint density at radius 3 is 2.73 bits per heavy atom. The zero-order valence-corrected chi connectivity index (χ0v) is 14.4. The Morgan fingerprint density at radius 1 is 1.19 bits per heavy atom. The summed E-state index contributed by atoms with van der Waals surface area (Å²) in [7, 11) is 0. The minimum absolute atomic E-state index is 0.160. The lowest BCUT2D eigenvalue weighted by molar-refractivity contribution is 0.0518. The largest absolute Gasteiger partial charge is 0.461 e. The predicted octanol–water partition coefficient (Wildman–Crippen LogP) is 3.33. The third-order valence-corrected chi connectivity index (χ3v) is 4.39. The van der Waals surface area contributed by atoms with Crippen LogP contribution in [0.1, 0.15) is 23.0 Å². The number of carbonyl (C=O) groups excluding carboxylic acids is 1. The normalized spacial score (nSPS) is 11.2. The van der Waals surface area contributed by atoms with Crippen molar-refractivity contribution in [1.82, 2.24) is 14.6 Å². The molecular weight excluding hydrogens is 330 g/mol. The van der Waals surface area contributed by atoms with Gasteiger partial charge in [0.25, 0.3) is 5.56 Å². The van der Waals surface area contributed by atoms with Gasteiger partial charge < -0.3 is 9.72 Å². The van der Waals surface area contributed by atoms with Crippen LogP contribution in [0, 0.1) is 6.92 Å². The zero-order valence-electron chi connectivity index (χ0n) is 14.4. The molecule has 0 fully saturated rings. The molecule has 2 heterocycles. The molecule has 0 saturated carbocycles. The van der Waals surface area contributed by atoms with Crippen LogP contribution in [0.15, 0.2) is 53.5 Å². The average molecular weight is 347 g/mol. The number of fused-ring (bicyclic) bond motifs is 2. The lowest BCUT2D eigenvalue weighted by Crippen LogP contribution is -2.11. The van der Waals surface area contributed by atoms with E-state index in [2.05, 4.69) is 10.1 Å². The lowest BCUT2D eigenvalue weighted by atomic mass is 10.1. The summed E-state index contributed by atoms with van der Waals surface area (Å²) in [4.78, 5) is 27.5. The number of carbonyl (C=O) groups is 1. The van der Waals surface area contributed by atoms with Crippen molar-refractivity contribution in [3.05, 3.63) is 70.3 Å². The fraction of sp³-hybridized carbons (Fsp3) is 0.150. The van der Waals surface area contributed by atoms with Crippen molar-refractivity contribution in [2.24, 2.45) is 0 Å². The van der Waals surface area contributed by atoms with Gasteiger partial charge in [0.15, 0.2) is 5.69 Å². The molecule has 130 valence electrons. The summed E-state index contributed by atoms with van der Waals surface area (Å²) in [6.45, 7) is 3.68. The highest BCUT2D eigenvalue weighted by Crippen LogP contribution is 2.23. The van der Waals surface area contributed by atoms with Crippen molar-refractivity contribution < 1.29 is 9.53 Å². The van der Waals surface area contributed by atoms with E-state index in [0.717, 1.165) is 16.3 Å². The second kappa shape index (κ2) is 6.15. The summed E-state index contributed by atoms with van der Waals surface area (Å²) in [6, 6.07) is 14.0. The molecular formula is C20H17N3O3. The Kier molecular flexibility index (Phi) is 3.80. The van der Waals surface area contributed by atoms with Crippen LogP contribution in [-0.2, 0) is 4.74 Å². The molecule has 0 aliphatic carbocycles. The van der Waals surface area contributed by atoms with E-state index in [1.807, 2.05) is 42.5 Å². The van der Waals surface area contributed by atoms with Crippen LogP contribution in [0.3, 0.4) is 0 Å². The van der Waals surface area contributed by atoms with Crippen LogP contribution < -0.4 is 5.56 Å². The van der Waals surface area contributed by atoms with Gasteiger partial charge in [0.1, 0.15) is 5.52 Å². The molecule has 2 aromatic heterocycles. The maximum absolute atomic E-state index is 12.6. The molecule has 6 heteroatoms. The van der Waals surface area contributed by atoms with Crippen LogP contribution >= 0.6 is 0 Å². The molecule has 0 atom stereocenters. The molecule has 4 rings (SSSR count). The monoisotopic (exact) mass is 347 g/mol. The molecule has 0 aliphatic rings. The molecule has 2 aromatic carbocycles. The van der Waals surface area contributed by atoms with Gasteiger partial charge in [-0.15, -0.1) is 0 Å². The van der Waals surface area contributed by atoms with Crippen molar-refractivity contribution in [1.29, 1.82) is 0 Å². The van der Waals surface area contributed by atoms with Crippen LogP contribution in [0.25, 0.3) is 27.5 Å². The van der Waals surface area contributed by atoms with E-state index >= 15 is 0 Å². The summed E-state index contributed by atoms with van der Waals surface area (Å²) in [5.74, 6) is -0.527. The van der Waals surface area contributed by atoms with Gasteiger partial charge in [-0.2, -0.15) is 5.10 Å². The fourth-order valence-electron chi connectivity index (χ4n) is 3.12. The van der Waals surface area contributed by atoms with Crippen molar-refractivity contribution in [2.75, 3.05) is 6.61 Å². The van der Waals surface area contributed by atoms with E-state index in [9.17, 15) is 9.59 Å². The van der Waals surface area contributed by atoms with Crippen LogP contribution in [0.4, 0.5) is 0 Å². The molecule has 4 aromatic rings. The van der Waals surface area contributed by atoms with E-state index in [0.29, 0.717) is 16.8 Å². The molecule has 26 heavy (non-hydrogen) atoms. The van der Waals surface area contributed by atoms with Crippen LogP contribution in [-0.4, -0.2) is 27.2 Å². The van der Waals surface area contributed by atoms with Crippen LogP contribution in [0.5, 0.6) is 0 Å². The second-order valence-corrected chi connectivity index (χ2v) is 6.05. The smallest absolute Gasteiger partial charge is 0.359 e.